The minimum absolute atomic E-state index is 0.110. The van der Waals surface area contributed by atoms with Gasteiger partial charge in [-0.1, -0.05) is 13.3 Å². The van der Waals surface area contributed by atoms with Gasteiger partial charge in [0.1, 0.15) is 17.1 Å². The Morgan fingerprint density at radius 2 is 2.14 bits per heavy atom. The van der Waals surface area contributed by atoms with Crippen LogP contribution in [0.4, 0.5) is 0 Å². The van der Waals surface area contributed by atoms with Crippen molar-refractivity contribution in [2.24, 2.45) is 0 Å². The van der Waals surface area contributed by atoms with E-state index in [1.54, 1.807) is 30.3 Å². The SMILES string of the molecule is CCCCc1oc2ccc(O)cc2c1C(=O)c1ccco1. The van der Waals surface area contributed by atoms with Crippen molar-refractivity contribution in [3.05, 3.63) is 53.7 Å². The van der Waals surface area contributed by atoms with Gasteiger partial charge < -0.3 is 13.9 Å². The monoisotopic (exact) mass is 284 g/mol. The van der Waals surface area contributed by atoms with Gasteiger partial charge in [0.25, 0.3) is 0 Å². The Labute approximate surface area is 122 Å². The van der Waals surface area contributed by atoms with Gasteiger partial charge >= 0.3 is 0 Å². The molecule has 0 bridgehead atoms. The van der Waals surface area contributed by atoms with Crippen LogP contribution in [0.2, 0.25) is 0 Å². The molecule has 1 aromatic carbocycles. The van der Waals surface area contributed by atoms with Crippen molar-refractivity contribution in [1.29, 1.82) is 0 Å². The molecule has 0 unspecified atom stereocenters. The summed E-state index contributed by atoms with van der Waals surface area (Å²) in [6, 6.07) is 8.10. The third kappa shape index (κ3) is 2.44. The molecule has 0 radical (unpaired) electrons. The van der Waals surface area contributed by atoms with Crippen molar-refractivity contribution in [2.45, 2.75) is 26.2 Å². The number of carbonyl (C=O) groups excluding carboxylic acids is 1. The molecule has 3 rings (SSSR count). The molecule has 2 heterocycles. The molecule has 21 heavy (non-hydrogen) atoms. The maximum absolute atomic E-state index is 12.6. The molecule has 0 saturated carbocycles. The third-order valence-corrected chi connectivity index (χ3v) is 3.47. The highest BCUT2D eigenvalue weighted by molar-refractivity contribution is 6.15. The number of aryl methyl sites for hydroxylation is 1. The Hall–Kier alpha value is -2.49. The highest BCUT2D eigenvalue weighted by Crippen LogP contribution is 2.31. The van der Waals surface area contributed by atoms with Crippen LogP contribution >= 0.6 is 0 Å². The lowest BCUT2D eigenvalue weighted by Gasteiger charge is -2.00. The van der Waals surface area contributed by atoms with Crippen molar-refractivity contribution >= 4 is 16.8 Å². The van der Waals surface area contributed by atoms with E-state index in [-0.39, 0.29) is 17.3 Å². The van der Waals surface area contributed by atoms with E-state index < -0.39 is 0 Å². The molecular formula is C17H16O4. The van der Waals surface area contributed by atoms with E-state index >= 15 is 0 Å². The number of ketones is 1. The van der Waals surface area contributed by atoms with E-state index in [1.807, 2.05) is 0 Å². The van der Waals surface area contributed by atoms with Gasteiger partial charge in [-0.2, -0.15) is 0 Å². The number of phenols is 1. The van der Waals surface area contributed by atoms with E-state index in [0.29, 0.717) is 28.7 Å². The number of furan rings is 2. The van der Waals surface area contributed by atoms with Crippen LogP contribution in [0.15, 0.2) is 45.4 Å². The summed E-state index contributed by atoms with van der Waals surface area (Å²) in [5.74, 6) is 0.826. The Kier molecular flexibility index (Phi) is 3.52. The van der Waals surface area contributed by atoms with E-state index in [9.17, 15) is 9.90 Å². The molecule has 4 nitrogen and oxygen atoms in total. The van der Waals surface area contributed by atoms with Crippen LogP contribution in [0.5, 0.6) is 5.75 Å². The van der Waals surface area contributed by atoms with E-state index in [2.05, 4.69) is 6.92 Å². The van der Waals surface area contributed by atoms with E-state index in [0.717, 1.165) is 12.8 Å². The van der Waals surface area contributed by atoms with Gasteiger partial charge in [-0.25, -0.2) is 0 Å². The summed E-state index contributed by atoms with van der Waals surface area (Å²) in [4.78, 5) is 12.6. The van der Waals surface area contributed by atoms with Crippen LogP contribution in [0.1, 0.15) is 41.6 Å². The van der Waals surface area contributed by atoms with E-state index in [4.69, 9.17) is 8.83 Å². The zero-order valence-electron chi connectivity index (χ0n) is 11.8. The smallest absolute Gasteiger partial charge is 0.232 e. The second-order valence-corrected chi connectivity index (χ2v) is 4.99. The normalized spacial score (nSPS) is 11.1. The molecule has 0 saturated heterocycles. The molecule has 0 atom stereocenters. The lowest BCUT2D eigenvalue weighted by Crippen LogP contribution is -2.02. The number of benzene rings is 1. The van der Waals surface area contributed by atoms with Crippen LogP contribution in [0.25, 0.3) is 11.0 Å². The number of hydrogen-bond acceptors (Lipinski definition) is 4. The van der Waals surface area contributed by atoms with Crippen LogP contribution in [0, 0.1) is 0 Å². The summed E-state index contributed by atoms with van der Waals surface area (Å²) in [5.41, 5.74) is 1.10. The first-order chi connectivity index (χ1) is 10.2. The molecule has 0 aliphatic heterocycles. The second kappa shape index (κ2) is 5.48. The van der Waals surface area contributed by atoms with E-state index in [1.165, 1.54) is 6.26 Å². The Balaban J connectivity index is 2.16. The highest BCUT2D eigenvalue weighted by atomic mass is 16.3. The number of hydrogen-bond donors (Lipinski definition) is 1. The number of unbranched alkanes of at least 4 members (excludes halogenated alkanes) is 1. The van der Waals surface area contributed by atoms with Crippen LogP contribution in [0.3, 0.4) is 0 Å². The second-order valence-electron chi connectivity index (χ2n) is 4.99. The van der Waals surface area contributed by atoms with Crippen molar-refractivity contribution < 1.29 is 18.7 Å². The topological polar surface area (TPSA) is 63.6 Å². The maximum Gasteiger partial charge on any atom is 0.232 e. The molecular weight excluding hydrogens is 268 g/mol. The predicted octanol–water partition coefficient (Wildman–Crippen LogP) is 4.31. The van der Waals surface area contributed by atoms with Crippen molar-refractivity contribution in [3.8, 4) is 5.75 Å². The van der Waals surface area contributed by atoms with Gasteiger partial charge in [0.2, 0.25) is 5.78 Å². The third-order valence-electron chi connectivity index (χ3n) is 3.47. The van der Waals surface area contributed by atoms with Gasteiger partial charge in [0, 0.05) is 11.8 Å². The molecule has 0 spiro atoms. The quantitative estimate of drug-likeness (QED) is 0.709. The lowest BCUT2D eigenvalue weighted by molar-refractivity contribution is 0.101. The highest BCUT2D eigenvalue weighted by Gasteiger charge is 2.23. The Morgan fingerprint density at radius 3 is 2.86 bits per heavy atom. The number of fused-ring (bicyclic) bond motifs is 1. The summed E-state index contributed by atoms with van der Waals surface area (Å²) < 4.78 is 11.0. The standard InChI is InChI=1S/C17H16O4/c1-2-3-5-14-16(17(19)15-6-4-9-20-15)12-10-11(18)7-8-13(12)21-14/h4,6-10,18H,2-3,5H2,1H3. The molecule has 0 fully saturated rings. The molecule has 108 valence electrons. The predicted molar refractivity (Wildman–Crippen MR) is 78.6 cm³/mol. The van der Waals surface area contributed by atoms with Gasteiger partial charge in [-0.05, 0) is 36.8 Å². The van der Waals surface area contributed by atoms with Crippen molar-refractivity contribution in [3.63, 3.8) is 0 Å². The first kappa shape index (κ1) is 13.5. The van der Waals surface area contributed by atoms with Gasteiger partial charge in [-0.3, -0.25) is 4.79 Å². The van der Waals surface area contributed by atoms with Crippen LogP contribution in [-0.4, -0.2) is 10.9 Å². The maximum atomic E-state index is 12.6. The Bertz CT molecular complexity index is 766. The first-order valence-electron chi connectivity index (χ1n) is 7.03. The molecule has 0 amide bonds. The lowest BCUT2D eigenvalue weighted by atomic mass is 10.0. The van der Waals surface area contributed by atoms with Crippen LogP contribution < -0.4 is 0 Å². The fourth-order valence-electron chi connectivity index (χ4n) is 2.43. The van der Waals surface area contributed by atoms with Crippen LogP contribution in [-0.2, 0) is 6.42 Å². The molecule has 2 aromatic heterocycles. The largest absolute Gasteiger partial charge is 0.508 e. The zero-order chi connectivity index (χ0) is 14.8. The number of aromatic hydroxyl groups is 1. The molecule has 4 heteroatoms. The summed E-state index contributed by atoms with van der Waals surface area (Å²) >= 11 is 0. The average Bonchev–Trinajstić information content (AvgIpc) is 3.11. The number of carbonyl (C=O) groups is 1. The minimum atomic E-state index is -0.213. The fourth-order valence-corrected chi connectivity index (χ4v) is 2.43. The molecule has 3 aromatic rings. The van der Waals surface area contributed by atoms with Crippen molar-refractivity contribution in [1.82, 2.24) is 0 Å². The Morgan fingerprint density at radius 1 is 1.29 bits per heavy atom. The fraction of sp³-hybridized carbons (Fsp3) is 0.235. The number of rotatable bonds is 5. The summed E-state index contributed by atoms with van der Waals surface area (Å²) in [7, 11) is 0. The first-order valence-corrected chi connectivity index (χ1v) is 7.03. The molecule has 1 N–H and O–H groups in total. The minimum Gasteiger partial charge on any atom is -0.508 e. The summed E-state index contributed by atoms with van der Waals surface area (Å²) in [5, 5.41) is 10.3. The molecule has 0 aliphatic rings. The van der Waals surface area contributed by atoms with Gasteiger partial charge in [0.15, 0.2) is 5.76 Å². The summed E-state index contributed by atoms with van der Waals surface area (Å²) in [6.07, 6.45) is 4.10. The summed E-state index contributed by atoms with van der Waals surface area (Å²) in [6.45, 7) is 2.09. The zero-order valence-corrected chi connectivity index (χ0v) is 11.8. The van der Waals surface area contributed by atoms with Crippen molar-refractivity contribution in [2.75, 3.05) is 0 Å². The average molecular weight is 284 g/mol. The molecule has 0 aliphatic carbocycles. The van der Waals surface area contributed by atoms with Gasteiger partial charge in [-0.15, -0.1) is 0 Å². The number of phenolic OH excluding ortho intramolecular Hbond substituents is 1. The van der Waals surface area contributed by atoms with Gasteiger partial charge in [0.05, 0.1) is 11.8 Å².